The van der Waals surface area contributed by atoms with Crippen LogP contribution in [0.25, 0.3) is 0 Å². The molecule has 0 saturated heterocycles. The minimum absolute atomic E-state index is 0.00278. The van der Waals surface area contributed by atoms with Gasteiger partial charge in [0.15, 0.2) is 17.5 Å². The number of phenolic OH excluding ortho intramolecular Hbond substituents is 1. The molecule has 0 spiro atoms. The van der Waals surface area contributed by atoms with Crippen LogP contribution in [0.4, 0.5) is 11.4 Å². The van der Waals surface area contributed by atoms with E-state index in [4.69, 9.17) is 0 Å². The highest BCUT2D eigenvalue weighted by Gasteiger charge is 2.35. The molecule has 1 aromatic rings. The van der Waals surface area contributed by atoms with Crippen molar-refractivity contribution in [3.63, 3.8) is 0 Å². The molecule has 114 valence electrons. The number of hydrogen-bond donors (Lipinski definition) is 3. The van der Waals surface area contributed by atoms with Crippen LogP contribution in [0.3, 0.4) is 0 Å². The van der Waals surface area contributed by atoms with Crippen molar-refractivity contribution < 1.29 is 15.3 Å². The molecule has 2 aliphatic rings. The number of benzene rings is 1. The number of rotatable bonds is 2. The number of hydroxylamine groups is 1. The van der Waals surface area contributed by atoms with Crippen LogP contribution in [0.15, 0.2) is 52.8 Å². The molecule has 22 heavy (non-hydrogen) atoms. The number of nitrogens with one attached hydrogen (secondary N) is 1. The summed E-state index contributed by atoms with van der Waals surface area (Å²) >= 11 is 0. The summed E-state index contributed by atoms with van der Waals surface area (Å²) in [6.07, 6.45) is 7.50. The second-order valence-corrected chi connectivity index (χ2v) is 5.73. The van der Waals surface area contributed by atoms with Crippen LogP contribution in [-0.4, -0.2) is 22.0 Å². The lowest BCUT2D eigenvalue weighted by Gasteiger charge is -2.35. The number of hydrogen-bond acceptors (Lipinski definition) is 4. The smallest absolute Gasteiger partial charge is 0.200 e. The van der Waals surface area contributed by atoms with Crippen LogP contribution in [0.1, 0.15) is 19.4 Å². The van der Waals surface area contributed by atoms with Crippen LogP contribution in [0.2, 0.25) is 0 Å². The average molecular weight is 298 g/mol. The number of allylic oxidation sites excluding steroid dienone is 4. The summed E-state index contributed by atoms with van der Waals surface area (Å²) in [5, 5.41) is 32.5. The van der Waals surface area contributed by atoms with Crippen LogP contribution in [0.5, 0.6) is 5.75 Å². The zero-order chi connectivity index (χ0) is 15.9. The van der Waals surface area contributed by atoms with E-state index < -0.39 is 6.04 Å². The highest BCUT2D eigenvalue weighted by atomic mass is 16.5. The summed E-state index contributed by atoms with van der Waals surface area (Å²) in [7, 11) is 0. The Hall–Kier alpha value is -2.37. The van der Waals surface area contributed by atoms with E-state index in [0.717, 1.165) is 11.1 Å². The third-order valence-electron chi connectivity index (χ3n) is 3.85. The summed E-state index contributed by atoms with van der Waals surface area (Å²) in [5.74, 6) is -0.0609. The number of nitrogens with zero attached hydrogens (tertiary/aromatic N) is 1. The van der Waals surface area contributed by atoms with E-state index in [0.29, 0.717) is 17.8 Å². The fourth-order valence-electron chi connectivity index (χ4n) is 2.68. The molecule has 0 fully saturated rings. The number of aromatic hydroxyl groups is 1. The highest BCUT2D eigenvalue weighted by molar-refractivity contribution is 6.07. The average Bonchev–Trinajstić information content (AvgIpc) is 2.47. The molecule has 3 rings (SSSR count). The maximum atomic E-state index is 12.7. The molecule has 3 N–H and O–H groups in total. The molecule has 1 aliphatic carbocycles. The Morgan fingerprint density at radius 2 is 2.14 bits per heavy atom. The first-order valence-corrected chi connectivity index (χ1v) is 7.18. The minimum atomic E-state index is -0.623. The summed E-state index contributed by atoms with van der Waals surface area (Å²) < 4.78 is 0. The second kappa shape index (κ2) is 5.44. The van der Waals surface area contributed by atoms with Gasteiger partial charge in [-0.1, -0.05) is 23.8 Å². The Morgan fingerprint density at radius 3 is 2.86 bits per heavy atom. The Morgan fingerprint density at radius 1 is 1.36 bits per heavy atom. The van der Waals surface area contributed by atoms with Crippen molar-refractivity contribution in [2.75, 3.05) is 0 Å². The third kappa shape index (κ3) is 2.34. The van der Waals surface area contributed by atoms with Crippen LogP contribution in [-0.2, 0) is 6.42 Å². The van der Waals surface area contributed by atoms with E-state index in [2.05, 4.69) is 4.99 Å². The molecule has 0 radical (unpaired) electrons. The van der Waals surface area contributed by atoms with E-state index in [9.17, 15) is 15.4 Å². The fraction of sp³-hybridized carbons (Fsp3) is 0.235. The van der Waals surface area contributed by atoms with Crippen molar-refractivity contribution in [2.45, 2.75) is 26.3 Å². The van der Waals surface area contributed by atoms with Gasteiger partial charge in [0.05, 0.1) is 0 Å². The monoisotopic (exact) mass is 298 g/mol. The summed E-state index contributed by atoms with van der Waals surface area (Å²) in [4.78, 5) is 4.47. The summed E-state index contributed by atoms with van der Waals surface area (Å²) in [6.45, 7) is 4.00. The van der Waals surface area contributed by atoms with Gasteiger partial charge in [-0.25, -0.2) is 4.99 Å². The third-order valence-corrected chi connectivity index (χ3v) is 3.85. The van der Waals surface area contributed by atoms with E-state index in [1.807, 2.05) is 19.9 Å². The quantitative estimate of drug-likeness (QED) is 0.445. The molecule has 1 heterocycles. The SMILES string of the molecule is CC(C)=CCc1ccc(O)c2c1N=C1C(O)=CC=CC1[NH+]2[O-]. The van der Waals surface area contributed by atoms with Gasteiger partial charge in [0.25, 0.3) is 0 Å². The van der Waals surface area contributed by atoms with Gasteiger partial charge in [0.1, 0.15) is 17.2 Å². The number of quaternary nitrogens is 1. The molecular weight excluding hydrogens is 280 g/mol. The normalized spacial score (nSPS) is 22.3. The van der Waals surface area contributed by atoms with E-state index in [1.54, 1.807) is 18.2 Å². The van der Waals surface area contributed by atoms with Crippen molar-refractivity contribution in [1.82, 2.24) is 0 Å². The largest absolute Gasteiger partial charge is 0.628 e. The lowest BCUT2D eigenvalue weighted by molar-refractivity contribution is -0.786. The van der Waals surface area contributed by atoms with Gasteiger partial charge < -0.3 is 20.5 Å². The van der Waals surface area contributed by atoms with Gasteiger partial charge in [-0.2, -0.15) is 0 Å². The lowest BCUT2D eigenvalue weighted by atomic mass is 9.98. The molecule has 5 heteroatoms. The molecule has 5 nitrogen and oxygen atoms in total. The maximum Gasteiger partial charge on any atom is 0.200 e. The standard InChI is InChI=1S/C17H18N2O3/c1-10(2)6-7-11-8-9-14(21)17-15(11)18-16-12(19(17)22)4-3-5-13(16)20/h3-6,8-9,12,19-21H,7H2,1-2H3. The van der Waals surface area contributed by atoms with E-state index in [-0.39, 0.29) is 22.3 Å². The first-order valence-electron chi connectivity index (χ1n) is 7.18. The number of phenols is 1. The zero-order valence-electron chi connectivity index (χ0n) is 12.5. The first kappa shape index (κ1) is 14.6. The molecule has 1 aromatic carbocycles. The van der Waals surface area contributed by atoms with Crippen molar-refractivity contribution in [2.24, 2.45) is 4.99 Å². The Kier molecular flexibility index (Phi) is 3.60. The van der Waals surface area contributed by atoms with E-state index in [1.165, 1.54) is 12.1 Å². The molecule has 0 amide bonds. The molecule has 0 saturated carbocycles. The van der Waals surface area contributed by atoms with Gasteiger partial charge in [-0.15, -0.1) is 0 Å². The summed E-state index contributed by atoms with van der Waals surface area (Å²) in [5.41, 5.74) is 3.08. The zero-order valence-corrected chi connectivity index (χ0v) is 12.5. The predicted octanol–water partition coefficient (Wildman–Crippen LogP) is 2.38. The number of aliphatic imine (C=N–C) groups is 1. The van der Waals surface area contributed by atoms with Crippen LogP contribution in [0, 0.1) is 5.21 Å². The Balaban J connectivity index is 2.17. The van der Waals surface area contributed by atoms with Crippen molar-refractivity contribution in [1.29, 1.82) is 0 Å². The van der Waals surface area contributed by atoms with Gasteiger partial charge in [0.2, 0.25) is 0 Å². The molecule has 0 bridgehead atoms. The topological polar surface area (TPSA) is 80.3 Å². The molecule has 1 aliphatic heterocycles. The van der Waals surface area contributed by atoms with E-state index >= 15 is 0 Å². The molecular formula is C17H18N2O3. The van der Waals surface area contributed by atoms with Crippen molar-refractivity contribution in [3.05, 3.63) is 58.5 Å². The van der Waals surface area contributed by atoms with Crippen molar-refractivity contribution in [3.8, 4) is 5.75 Å². The number of fused-ring (bicyclic) bond motifs is 2. The van der Waals surface area contributed by atoms with Gasteiger partial charge in [-0.3, -0.25) is 0 Å². The van der Waals surface area contributed by atoms with Gasteiger partial charge in [0, 0.05) is 0 Å². The predicted molar refractivity (Wildman–Crippen MR) is 86.0 cm³/mol. The fourth-order valence-corrected chi connectivity index (χ4v) is 2.68. The minimum Gasteiger partial charge on any atom is -0.628 e. The van der Waals surface area contributed by atoms with Crippen LogP contribution < -0.4 is 5.06 Å². The number of aliphatic hydroxyl groups excluding tert-OH is 1. The second-order valence-electron chi connectivity index (χ2n) is 5.73. The summed E-state index contributed by atoms with van der Waals surface area (Å²) in [6, 6.07) is 2.68. The molecule has 0 aromatic heterocycles. The van der Waals surface area contributed by atoms with Gasteiger partial charge >= 0.3 is 0 Å². The lowest BCUT2D eigenvalue weighted by Crippen LogP contribution is -3.08. The number of aliphatic hydroxyl groups is 1. The maximum absolute atomic E-state index is 12.7. The Bertz CT molecular complexity index is 741. The first-order chi connectivity index (χ1) is 10.5. The Labute approximate surface area is 128 Å². The van der Waals surface area contributed by atoms with Crippen molar-refractivity contribution >= 4 is 17.1 Å². The highest BCUT2D eigenvalue weighted by Crippen LogP contribution is 2.38. The molecule has 2 atom stereocenters. The van der Waals surface area contributed by atoms with Crippen LogP contribution >= 0.6 is 0 Å². The molecule has 2 unspecified atom stereocenters. The van der Waals surface area contributed by atoms with Gasteiger partial charge in [-0.05, 0) is 44.1 Å².